The molecule has 0 bridgehead atoms. The molecule has 1 amide bonds. The van der Waals surface area contributed by atoms with E-state index in [0.717, 1.165) is 31.2 Å². The first-order valence-electron chi connectivity index (χ1n) is 8.18. The Morgan fingerprint density at radius 1 is 1.35 bits per heavy atom. The number of carboxylic acid groups (broad SMARTS) is 1. The number of hydrogen-bond acceptors (Lipinski definition) is 2. The smallest absolute Gasteiger partial charge is 0.303 e. The van der Waals surface area contributed by atoms with Gasteiger partial charge in [-0.05, 0) is 50.3 Å². The summed E-state index contributed by atoms with van der Waals surface area (Å²) in [5.74, 6) is -0.784. The average Bonchev–Trinajstić information content (AvgIpc) is 2.95. The van der Waals surface area contributed by atoms with Crippen molar-refractivity contribution in [1.82, 2.24) is 5.32 Å². The van der Waals surface area contributed by atoms with Gasteiger partial charge < -0.3 is 10.4 Å². The Kier molecular flexibility index (Phi) is 6.05. The van der Waals surface area contributed by atoms with Gasteiger partial charge in [0.15, 0.2) is 0 Å². The lowest BCUT2D eigenvalue weighted by Crippen LogP contribution is -2.44. The highest BCUT2D eigenvalue weighted by atomic mass is 35.5. The number of rotatable bonds is 7. The van der Waals surface area contributed by atoms with Crippen LogP contribution in [-0.4, -0.2) is 23.0 Å². The molecule has 0 aliphatic heterocycles. The van der Waals surface area contributed by atoms with Gasteiger partial charge in [-0.1, -0.05) is 36.6 Å². The third-order valence-corrected chi connectivity index (χ3v) is 4.88. The Balaban J connectivity index is 2.04. The molecular formula is C18H24ClNO3. The third kappa shape index (κ3) is 4.96. The van der Waals surface area contributed by atoms with Crippen LogP contribution in [0.25, 0.3) is 0 Å². The van der Waals surface area contributed by atoms with Gasteiger partial charge >= 0.3 is 5.97 Å². The lowest BCUT2D eigenvalue weighted by molar-refractivity contribution is -0.138. The molecule has 1 aromatic carbocycles. The molecule has 1 fully saturated rings. The van der Waals surface area contributed by atoms with Crippen LogP contribution < -0.4 is 5.32 Å². The van der Waals surface area contributed by atoms with E-state index in [1.807, 2.05) is 31.2 Å². The Morgan fingerprint density at radius 3 is 2.65 bits per heavy atom. The number of benzene rings is 1. The van der Waals surface area contributed by atoms with Gasteiger partial charge in [-0.3, -0.25) is 9.59 Å². The summed E-state index contributed by atoms with van der Waals surface area (Å²) >= 11 is 6.05. The third-order valence-electron chi connectivity index (χ3n) is 4.64. The summed E-state index contributed by atoms with van der Waals surface area (Å²) in [6.07, 6.45) is 5.06. The summed E-state index contributed by atoms with van der Waals surface area (Å²) in [7, 11) is 0. The van der Waals surface area contributed by atoms with Crippen molar-refractivity contribution in [3.05, 3.63) is 34.9 Å². The Hall–Kier alpha value is -1.55. The zero-order chi connectivity index (χ0) is 16.9. The van der Waals surface area contributed by atoms with Crippen LogP contribution in [0.2, 0.25) is 5.02 Å². The van der Waals surface area contributed by atoms with E-state index in [1.165, 1.54) is 0 Å². The standard InChI is InChI=1S/C18H24ClNO3/c1-13(7-8-16(21)22)20-17(23)18(9-2-3-10-18)12-14-5-4-6-15(19)11-14/h4-6,11,13H,2-3,7-10,12H2,1H3,(H,20,23)(H,21,22). The molecule has 0 saturated heterocycles. The van der Waals surface area contributed by atoms with Gasteiger partial charge in [0.25, 0.3) is 0 Å². The molecule has 1 aromatic rings. The van der Waals surface area contributed by atoms with E-state index in [4.69, 9.17) is 16.7 Å². The highest BCUT2D eigenvalue weighted by Gasteiger charge is 2.41. The molecule has 0 spiro atoms. The number of hydrogen-bond donors (Lipinski definition) is 2. The molecule has 5 heteroatoms. The van der Waals surface area contributed by atoms with E-state index in [1.54, 1.807) is 0 Å². The average molecular weight is 338 g/mol. The summed E-state index contributed by atoms with van der Waals surface area (Å²) in [6.45, 7) is 1.86. The van der Waals surface area contributed by atoms with Crippen molar-refractivity contribution >= 4 is 23.5 Å². The lowest BCUT2D eigenvalue weighted by atomic mass is 9.79. The van der Waals surface area contributed by atoms with Crippen molar-refractivity contribution in [2.45, 2.75) is 57.9 Å². The first kappa shape index (κ1) is 17.8. The van der Waals surface area contributed by atoms with Gasteiger partial charge in [-0.15, -0.1) is 0 Å². The Bertz CT molecular complexity index is 567. The van der Waals surface area contributed by atoms with Crippen LogP contribution in [0.3, 0.4) is 0 Å². The number of carbonyl (C=O) groups excluding carboxylic acids is 1. The summed E-state index contributed by atoms with van der Waals surface area (Å²) in [5, 5.41) is 12.5. The molecule has 0 aromatic heterocycles. The Labute approximate surface area is 142 Å². The maximum Gasteiger partial charge on any atom is 0.303 e. The van der Waals surface area contributed by atoms with Crippen LogP contribution in [0.5, 0.6) is 0 Å². The van der Waals surface area contributed by atoms with Gasteiger partial charge in [-0.25, -0.2) is 0 Å². The predicted molar refractivity (Wildman–Crippen MR) is 90.5 cm³/mol. The van der Waals surface area contributed by atoms with Crippen molar-refractivity contribution in [2.75, 3.05) is 0 Å². The zero-order valence-electron chi connectivity index (χ0n) is 13.5. The van der Waals surface area contributed by atoms with Crippen molar-refractivity contribution in [2.24, 2.45) is 5.41 Å². The largest absolute Gasteiger partial charge is 0.481 e. The maximum absolute atomic E-state index is 12.8. The number of carboxylic acids is 1. The predicted octanol–water partition coefficient (Wildman–Crippen LogP) is 3.81. The van der Waals surface area contributed by atoms with Crippen LogP contribution in [0.4, 0.5) is 0 Å². The van der Waals surface area contributed by atoms with Crippen molar-refractivity contribution in [3.8, 4) is 0 Å². The highest BCUT2D eigenvalue weighted by molar-refractivity contribution is 6.30. The second kappa shape index (κ2) is 7.82. The second-order valence-electron chi connectivity index (χ2n) is 6.60. The molecule has 1 aliphatic rings. The molecule has 1 unspecified atom stereocenters. The SMILES string of the molecule is CC(CCC(=O)O)NC(=O)C1(Cc2cccc(Cl)c2)CCCC1. The zero-order valence-corrected chi connectivity index (χ0v) is 14.2. The highest BCUT2D eigenvalue weighted by Crippen LogP contribution is 2.41. The van der Waals surface area contributed by atoms with E-state index in [0.29, 0.717) is 17.9 Å². The topological polar surface area (TPSA) is 66.4 Å². The number of nitrogens with one attached hydrogen (secondary N) is 1. The molecule has 1 atom stereocenters. The van der Waals surface area contributed by atoms with E-state index in [9.17, 15) is 9.59 Å². The summed E-state index contributed by atoms with van der Waals surface area (Å²) in [4.78, 5) is 23.5. The summed E-state index contributed by atoms with van der Waals surface area (Å²) in [6, 6.07) is 7.54. The maximum atomic E-state index is 12.8. The first-order chi connectivity index (χ1) is 10.9. The fraction of sp³-hybridized carbons (Fsp3) is 0.556. The van der Waals surface area contributed by atoms with Gasteiger partial charge in [0.2, 0.25) is 5.91 Å². The number of halogens is 1. The number of amides is 1. The monoisotopic (exact) mass is 337 g/mol. The van der Waals surface area contributed by atoms with E-state index in [-0.39, 0.29) is 23.8 Å². The molecule has 126 valence electrons. The minimum Gasteiger partial charge on any atom is -0.481 e. The summed E-state index contributed by atoms with van der Waals surface area (Å²) in [5.41, 5.74) is 0.690. The molecule has 4 nitrogen and oxygen atoms in total. The van der Waals surface area contributed by atoms with Crippen LogP contribution >= 0.6 is 11.6 Å². The van der Waals surface area contributed by atoms with Crippen molar-refractivity contribution in [3.63, 3.8) is 0 Å². The van der Waals surface area contributed by atoms with Crippen molar-refractivity contribution < 1.29 is 14.7 Å². The van der Waals surface area contributed by atoms with E-state index < -0.39 is 5.97 Å². The molecule has 0 heterocycles. The van der Waals surface area contributed by atoms with E-state index in [2.05, 4.69) is 5.32 Å². The minimum atomic E-state index is -0.833. The number of carbonyl (C=O) groups is 2. The summed E-state index contributed by atoms with van der Waals surface area (Å²) < 4.78 is 0. The molecule has 23 heavy (non-hydrogen) atoms. The molecule has 2 N–H and O–H groups in total. The van der Waals surface area contributed by atoms with Gasteiger partial charge in [0.05, 0.1) is 5.41 Å². The normalized spacial score (nSPS) is 17.7. The van der Waals surface area contributed by atoms with Crippen molar-refractivity contribution in [1.29, 1.82) is 0 Å². The van der Waals surface area contributed by atoms with Crippen LogP contribution in [0, 0.1) is 5.41 Å². The van der Waals surface area contributed by atoms with E-state index >= 15 is 0 Å². The Morgan fingerprint density at radius 2 is 2.04 bits per heavy atom. The molecule has 2 rings (SSSR count). The first-order valence-corrected chi connectivity index (χ1v) is 8.56. The van der Waals surface area contributed by atoms with Gasteiger partial charge in [-0.2, -0.15) is 0 Å². The molecule has 1 saturated carbocycles. The van der Waals surface area contributed by atoms with Gasteiger partial charge in [0.1, 0.15) is 0 Å². The lowest BCUT2D eigenvalue weighted by Gasteiger charge is -2.29. The van der Waals surface area contributed by atoms with Crippen LogP contribution in [0.1, 0.15) is 51.0 Å². The second-order valence-corrected chi connectivity index (χ2v) is 7.04. The van der Waals surface area contributed by atoms with Gasteiger partial charge in [0, 0.05) is 17.5 Å². The fourth-order valence-electron chi connectivity index (χ4n) is 3.36. The molecule has 1 aliphatic carbocycles. The van der Waals surface area contributed by atoms with Crippen LogP contribution in [0.15, 0.2) is 24.3 Å². The molecule has 0 radical (unpaired) electrons. The van der Waals surface area contributed by atoms with Crippen LogP contribution in [-0.2, 0) is 16.0 Å². The molecular weight excluding hydrogens is 314 g/mol. The quantitative estimate of drug-likeness (QED) is 0.795. The fourth-order valence-corrected chi connectivity index (χ4v) is 3.58. The number of aliphatic carboxylic acids is 1. The minimum absolute atomic E-state index is 0.0489.